The number of sulfonamides is 1. The molecule has 1 saturated carbocycles. The lowest BCUT2D eigenvalue weighted by Gasteiger charge is -2.46. The normalized spacial score (nSPS) is 22.0. The van der Waals surface area contributed by atoms with Gasteiger partial charge in [0.25, 0.3) is 0 Å². The fourth-order valence-corrected chi connectivity index (χ4v) is 4.99. The van der Waals surface area contributed by atoms with Gasteiger partial charge in [0.1, 0.15) is 17.2 Å². The van der Waals surface area contributed by atoms with Crippen LogP contribution in [0.15, 0.2) is 35.4 Å². The van der Waals surface area contributed by atoms with Gasteiger partial charge in [-0.25, -0.2) is 22.8 Å². The highest BCUT2D eigenvalue weighted by Crippen LogP contribution is 2.46. The molecule has 0 unspecified atom stereocenters. The number of fused-ring (bicyclic) bond motifs is 2. The molecule has 6 nitrogen and oxygen atoms in total. The van der Waals surface area contributed by atoms with E-state index in [4.69, 9.17) is 4.74 Å². The molecule has 2 aliphatic heterocycles. The molecule has 2 fully saturated rings. The summed E-state index contributed by atoms with van der Waals surface area (Å²) in [5.74, 6) is 0.879. The molecule has 2 aromatic rings. The Morgan fingerprint density at radius 2 is 1.92 bits per heavy atom. The van der Waals surface area contributed by atoms with Gasteiger partial charge in [-0.2, -0.15) is 4.31 Å². The number of hydrogen-bond donors (Lipinski definition) is 0. The van der Waals surface area contributed by atoms with Crippen LogP contribution in [0, 0.1) is 5.82 Å². The Hall–Kier alpha value is -1.90. The van der Waals surface area contributed by atoms with E-state index in [0.717, 1.165) is 42.1 Å². The second-order valence-electron chi connectivity index (χ2n) is 6.87. The molecule has 0 atom stereocenters. The van der Waals surface area contributed by atoms with Gasteiger partial charge >= 0.3 is 0 Å². The maximum Gasteiger partial charge on any atom is 0.243 e. The first-order valence-electron chi connectivity index (χ1n) is 8.24. The number of aromatic nitrogens is 2. The van der Waals surface area contributed by atoms with Crippen LogP contribution < -0.4 is 0 Å². The maximum absolute atomic E-state index is 13.0. The van der Waals surface area contributed by atoms with Gasteiger partial charge in [-0.15, -0.1) is 0 Å². The Labute approximate surface area is 144 Å². The molecule has 1 aromatic carbocycles. The number of nitrogens with zero attached hydrogens (tertiary/aromatic N) is 3. The number of benzene rings is 1. The van der Waals surface area contributed by atoms with E-state index in [0.29, 0.717) is 12.5 Å². The summed E-state index contributed by atoms with van der Waals surface area (Å²) in [6, 6.07) is 4.86. The van der Waals surface area contributed by atoms with Crippen molar-refractivity contribution < 1.29 is 17.5 Å². The van der Waals surface area contributed by atoms with Gasteiger partial charge in [0, 0.05) is 30.8 Å². The summed E-state index contributed by atoms with van der Waals surface area (Å²) in [6.45, 7) is 0.847. The van der Waals surface area contributed by atoms with E-state index in [1.54, 1.807) is 6.20 Å². The fraction of sp³-hybridized carbons (Fsp3) is 0.412. The predicted molar refractivity (Wildman–Crippen MR) is 85.6 cm³/mol. The largest absolute Gasteiger partial charge is 0.361 e. The van der Waals surface area contributed by atoms with E-state index in [1.165, 1.54) is 16.4 Å². The van der Waals surface area contributed by atoms with Crippen molar-refractivity contribution >= 4 is 10.0 Å². The van der Waals surface area contributed by atoms with Crippen LogP contribution in [0.5, 0.6) is 0 Å². The molecule has 1 aromatic heterocycles. The summed E-state index contributed by atoms with van der Waals surface area (Å²) in [5, 5.41) is 0. The van der Waals surface area contributed by atoms with Crippen LogP contribution in [0.1, 0.15) is 35.8 Å². The number of hydrogen-bond acceptors (Lipinski definition) is 5. The standard InChI is InChI=1S/C17H16FN3O3S/c18-12-3-5-13(6-4-12)25(22,23)21-9-17(10-21)14-7-19-16(11-1-2-11)20-15(14)8-24-17/h3-7,11H,1-2,8-10H2. The summed E-state index contributed by atoms with van der Waals surface area (Å²) in [4.78, 5) is 9.13. The lowest BCUT2D eigenvalue weighted by Crippen LogP contribution is -2.61. The third-order valence-corrected chi connectivity index (χ3v) is 6.93. The van der Waals surface area contributed by atoms with E-state index in [-0.39, 0.29) is 18.0 Å². The third-order valence-electron chi connectivity index (χ3n) is 5.12. The molecule has 0 amide bonds. The first kappa shape index (κ1) is 15.4. The quantitative estimate of drug-likeness (QED) is 0.835. The molecular formula is C17H16FN3O3S. The van der Waals surface area contributed by atoms with Crippen LogP contribution in [-0.2, 0) is 27.0 Å². The molecule has 130 valence electrons. The molecule has 1 spiro atoms. The van der Waals surface area contributed by atoms with Crippen LogP contribution >= 0.6 is 0 Å². The van der Waals surface area contributed by atoms with Gasteiger partial charge in [0.2, 0.25) is 10.0 Å². The highest BCUT2D eigenvalue weighted by atomic mass is 32.2. The second kappa shape index (κ2) is 5.06. The average molecular weight is 361 g/mol. The number of ether oxygens (including phenoxy) is 1. The van der Waals surface area contributed by atoms with E-state index in [2.05, 4.69) is 9.97 Å². The van der Waals surface area contributed by atoms with Gasteiger partial charge in [-0.3, -0.25) is 0 Å². The zero-order valence-corrected chi connectivity index (χ0v) is 14.2. The Morgan fingerprint density at radius 3 is 2.60 bits per heavy atom. The van der Waals surface area contributed by atoms with Crippen LogP contribution in [0.4, 0.5) is 4.39 Å². The minimum atomic E-state index is -3.65. The molecule has 5 rings (SSSR count). The molecule has 1 saturated heterocycles. The highest BCUT2D eigenvalue weighted by molar-refractivity contribution is 7.89. The SMILES string of the molecule is O=S(=O)(c1ccc(F)cc1)N1CC2(C1)OCc1nc(C3CC3)ncc12. The molecule has 0 radical (unpaired) electrons. The minimum absolute atomic E-state index is 0.0855. The summed E-state index contributed by atoms with van der Waals surface area (Å²) in [7, 11) is -3.65. The summed E-state index contributed by atoms with van der Waals surface area (Å²) in [5.41, 5.74) is 1.11. The number of halogens is 1. The van der Waals surface area contributed by atoms with Crippen molar-refractivity contribution in [3.63, 3.8) is 0 Å². The molecule has 0 N–H and O–H groups in total. The highest BCUT2D eigenvalue weighted by Gasteiger charge is 2.55. The Balaban J connectivity index is 1.39. The first-order valence-corrected chi connectivity index (χ1v) is 9.68. The smallest absolute Gasteiger partial charge is 0.243 e. The van der Waals surface area contributed by atoms with Crippen molar-refractivity contribution in [2.24, 2.45) is 0 Å². The van der Waals surface area contributed by atoms with Crippen molar-refractivity contribution in [1.29, 1.82) is 0 Å². The molecule has 3 aliphatic rings. The van der Waals surface area contributed by atoms with Crippen LogP contribution in [0.3, 0.4) is 0 Å². The van der Waals surface area contributed by atoms with Crippen molar-refractivity contribution in [1.82, 2.24) is 14.3 Å². The van der Waals surface area contributed by atoms with E-state index in [9.17, 15) is 12.8 Å². The van der Waals surface area contributed by atoms with Crippen LogP contribution in [0.2, 0.25) is 0 Å². The Morgan fingerprint density at radius 1 is 1.20 bits per heavy atom. The number of rotatable bonds is 3. The Bertz CT molecular complexity index is 952. The predicted octanol–water partition coefficient (Wildman–Crippen LogP) is 1.92. The van der Waals surface area contributed by atoms with Gasteiger partial charge in [0.05, 0.1) is 17.2 Å². The molecule has 0 bridgehead atoms. The van der Waals surface area contributed by atoms with Crippen molar-refractivity contribution in [2.75, 3.05) is 13.1 Å². The molecule has 3 heterocycles. The van der Waals surface area contributed by atoms with E-state index >= 15 is 0 Å². The van der Waals surface area contributed by atoms with Crippen molar-refractivity contribution in [3.05, 3.63) is 53.4 Å². The first-order chi connectivity index (χ1) is 12.0. The summed E-state index contributed by atoms with van der Waals surface area (Å²) < 4.78 is 45.6. The van der Waals surface area contributed by atoms with Crippen molar-refractivity contribution in [2.45, 2.75) is 35.9 Å². The maximum atomic E-state index is 13.0. The van der Waals surface area contributed by atoms with E-state index < -0.39 is 21.4 Å². The van der Waals surface area contributed by atoms with Gasteiger partial charge in [-0.05, 0) is 37.1 Å². The van der Waals surface area contributed by atoms with Gasteiger partial charge in [-0.1, -0.05) is 0 Å². The monoisotopic (exact) mass is 361 g/mol. The topological polar surface area (TPSA) is 72.4 Å². The summed E-state index contributed by atoms with van der Waals surface area (Å²) >= 11 is 0. The lowest BCUT2D eigenvalue weighted by molar-refractivity contribution is -0.112. The lowest BCUT2D eigenvalue weighted by atomic mass is 9.90. The summed E-state index contributed by atoms with van der Waals surface area (Å²) in [6.07, 6.45) is 4.06. The van der Waals surface area contributed by atoms with Gasteiger partial charge in [0.15, 0.2) is 0 Å². The molecule has 25 heavy (non-hydrogen) atoms. The second-order valence-corrected chi connectivity index (χ2v) is 8.81. The molecule has 8 heteroatoms. The third kappa shape index (κ3) is 2.32. The minimum Gasteiger partial charge on any atom is -0.361 e. The van der Waals surface area contributed by atoms with Crippen LogP contribution in [0.25, 0.3) is 0 Å². The zero-order chi connectivity index (χ0) is 17.2. The van der Waals surface area contributed by atoms with E-state index in [1.807, 2.05) is 0 Å². The average Bonchev–Trinajstić information content (AvgIpc) is 3.34. The molecule has 1 aliphatic carbocycles. The van der Waals surface area contributed by atoms with Crippen LogP contribution in [-0.4, -0.2) is 35.8 Å². The zero-order valence-electron chi connectivity index (χ0n) is 13.4. The fourth-order valence-electron chi connectivity index (χ4n) is 3.46. The molecular weight excluding hydrogens is 345 g/mol. The Kier molecular flexibility index (Phi) is 3.11. The van der Waals surface area contributed by atoms with Crippen molar-refractivity contribution in [3.8, 4) is 0 Å². The van der Waals surface area contributed by atoms with Gasteiger partial charge < -0.3 is 4.74 Å².